The van der Waals surface area contributed by atoms with Gasteiger partial charge in [0.15, 0.2) is 0 Å². The van der Waals surface area contributed by atoms with Crippen LogP contribution in [0.5, 0.6) is 0 Å². The minimum Gasteiger partial charge on any atom is -0.0591 e. The van der Waals surface area contributed by atoms with Gasteiger partial charge in [-0.25, -0.2) is 0 Å². The van der Waals surface area contributed by atoms with E-state index in [-0.39, 0.29) is 0 Å². The van der Waals surface area contributed by atoms with Crippen LogP contribution in [0, 0.1) is 55.4 Å². The first-order chi connectivity index (χ1) is 16.2. The molecule has 0 aliphatic rings. The van der Waals surface area contributed by atoms with Gasteiger partial charge in [0.25, 0.3) is 0 Å². The predicted octanol–water partition coefficient (Wildman–Crippen LogP) is 5.15. The molecule has 0 radical (unpaired) electrons. The van der Waals surface area contributed by atoms with Gasteiger partial charge in [-0.05, 0) is 98.4 Å². The van der Waals surface area contributed by atoms with Crippen molar-refractivity contribution in [2.75, 3.05) is 0 Å². The Labute approximate surface area is 208 Å². The van der Waals surface area contributed by atoms with Crippen molar-refractivity contribution in [1.29, 1.82) is 0 Å². The Morgan fingerprint density at radius 1 is 0.324 bits per heavy atom. The third-order valence-electron chi connectivity index (χ3n) is 6.85. The fourth-order valence-electron chi connectivity index (χ4n) is 5.21. The zero-order chi connectivity index (χ0) is 24.6. The first-order valence-corrected chi connectivity index (χ1v) is 16.2. The second-order valence-corrected chi connectivity index (χ2v) is 16.7. The zero-order valence-corrected chi connectivity index (χ0v) is 23.9. The standard InChI is InChI=1S/C32H36Si2/c1-21-9-13-29(25(5)17-21)33(30-14-10-22(2)18-26(30)6)34(31-15-11-23(3)19-27(31)7)32-16-12-24(4)20-28(32)8/h9-20H,1-8H3. The van der Waals surface area contributed by atoms with Crippen molar-refractivity contribution in [1.82, 2.24) is 0 Å². The first-order valence-electron chi connectivity index (χ1n) is 12.2. The lowest BCUT2D eigenvalue weighted by Gasteiger charge is -2.22. The average Bonchev–Trinajstić information content (AvgIpc) is 2.75. The number of benzene rings is 4. The summed E-state index contributed by atoms with van der Waals surface area (Å²) in [4.78, 5) is 0. The largest absolute Gasteiger partial charge is 0.0693 e. The number of hydrogen-bond acceptors (Lipinski definition) is 0. The van der Waals surface area contributed by atoms with E-state index in [1.54, 1.807) is 20.7 Å². The molecule has 34 heavy (non-hydrogen) atoms. The lowest BCUT2D eigenvalue weighted by molar-refractivity contribution is 1.40. The van der Waals surface area contributed by atoms with Gasteiger partial charge in [0, 0.05) is 0 Å². The molecule has 0 aliphatic heterocycles. The quantitative estimate of drug-likeness (QED) is 0.357. The molecular weight excluding hydrogens is 441 g/mol. The van der Waals surface area contributed by atoms with Gasteiger partial charge >= 0.3 is 0 Å². The summed E-state index contributed by atoms with van der Waals surface area (Å²) in [5.41, 5.74) is 11.1. The molecule has 4 rings (SSSR count). The van der Waals surface area contributed by atoms with Gasteiger partial charge in [0.1, 0.15) is 0 Å². The topological polar surface area (TPSA) is 0 Å². The first kappa shape index (κ1) is 24.4. The molecular formula is C32H36Si2. The predicted molar refractivity (Wildman–Crippen MR) is 154 cm³/mol. The van der Waals surface area contributed by atoms with Gasteiger partial charge < -0.3 is 0 Å². The Hall–Kier alpha value is -2.69. The molecule has 0 nitrogen and oxygen atoms in total. The molecule has 4 aromatic carbocycles. The van der Waals surface area contributed by atoms with Crippen LogP contribution in [0.3, 0.4) is 0 Å². The Bertz CT molecular complexity index is 1210. The highest BCUT2D eigenvalue weighted by Gasteiger charge is 2.23. The maximum absolute atomic E-state index is 2.44. The maximum Gasteiger partial charge on any atom is 0.0693 e. The van der Waals surface area contributed by atoms with Gasteiger partial charge in [0.2, 0.25) is 0 Å². The third-order valence-corrected chi connectivity index (χ3v) is 16.5. The molecule has 0 saturated heterocycles. The van der Waals surface area contributed by atoms with Crippen LogP contribution in [0.25, 0.3) is 0 Å². The van der Waals surface area contributed by atoms with E-state index in [2.05, 4.69) is 128 Å². The molecule has 0 heterocycles. The Balaban J connectivity index is 2.24. The SMILES string of the molecule is Cc1ccc([Si](c2ccc(C)cc2C)=[Si](c2ccc(C)cc2C)c2ccc(C)cc2C)c(C)c1. The van der Waals surface area contributed by atoms with E-state index in [0.717, 1.165) is 0 Å². The number of rotatable bonds is 4. The minimum absolute atomic E-state index is 1.10. The van der Waals surface area contributed by atoms with E-state index >= 15 is 0 Å². The smallest absolute Gasteiger partial charge is 0.0591 e. The van der Waals surface area contributed by atoms with Crippen LogP contribution in [-0.4, -0.2) is 15.8 Å². The van der Waals surface area contributed by atoms with E-state index in [1.165, 1.54) is 44.5 Å². The highest BCUT2D eigenvalue weighted by molar-refractivity contribution is 7.19. The van der Waals surface area contributed by atoms with Crippen molar-refractivity contribution >= 4 is 36.5 Å². The van der Waals surface area contributed by atoms with Crippen molar-refractivity contribution in [3.05, 3.63) is 117 Å². The normalized spacial score (nSPS) is 10.9. The minimum atomic E-state index is -1.10. The zero-order valence-electron chi connectivity index (χ0n) is 21.9. The molecule has 0 bridgehead atoms. The molecule has 0 fully saturated rings. The molecule has 2 heteroatoms. The van der Waals surface area contributed by atoms with Gasteiger partial charge in [-0.2, -0.15) is 0 Å². The second-order valence-electron chi connectivity index (χ2n) is 10.0. The summed E-state index contributed by atoms with van der Waals surface area (Å²) in [5, 5.41) is 6.26. The van der Waals surface area contributed by atoms with Crippen LogP contribution in [0.4, 0.5) is 0 Å². The fourth-order valence-corrected chi connectivity index (χ4v) is 16.3. The van der Waals surface area contributed by atoms with E-state index in [1.807, 2.05) is 0 Å². The summed E-state index contributed by atoms with van der Waals surface area (Å²) >= 11 is 0. The van der Waals surface area contributed by atoms with Crippen molar-refractivity contribution in [2.45, 2.75) is 55.4 Å². The molecule has 0 aromatic heterocycles. The van der Waals surface area contributed by atoms with E-state index in [9.17, 15) is 0 Å². The summed E-state index contributed by atoms with van der Waals surface area (Å²) in [6.45, 7) is 18.1. The molecule has 0 spiro atoms. The average molecular weight is 477 g/mol. The molecule has 0 unspecified atom stereocenters. The molecule has 0 aliphatic carbocycles. The second kappa shape index (κ2) is 9.89. The highest BCUT2D eigenvalue weighted by atomic mass is 28.9. The van der Waals surface area contributed by atoms with Gasteiger partial charge in [0.05, 0.1) is 15.8 Å². The molecule has 4 aromatic rings. The van der Waals surface area contributed by atoms with Crippen molar-refractivity contribution in [3.8, 4) is 0 Å². The summed E-state index contributed by atoms with van der Waals surface area (Å²) in [7, 11) is -2.21. The number of hydrogen-bond donors (Lipinski definition) is 0. The highest BCUT2D eigenvalue weighted by Crippen LogP contribution is 2.09. The monoisotopic (exact) mass is 476 g/mol. The van der Waals surface area contributed by atoms with Crippen LogP contribution in [0.1, 0.15) is 44.5 Å². The van der Waals surface area contributed by atoms with Crippen molar-refractivity contribution in [3.63, 3.8) is 0 Å². The molecule has 0 N–H and O–H groups in total. The van der Waals surface area contributed by atoms with E-state index < -0.39 is 15.8 Å². The van der Waals surface area contributed by atoms with Crippen LogP contribution < -0.4 is 20.7 Å². The lowest BCUT2D eigenvalue weighted by atomic mass is 10.1. The van der Waals surface area contributed by atoms with E-state index in [0.29, 0.717) is 0 Å². The Morgan fingerprint density at radius 3 is 0.706 bits per heavy atom. The van der Waals surface area contributed by atoms with Crippen molar-refractivity contribution in [2.24, 2.45) is 0 Å². The number of aryl methyl sites for hydroxylation is 8. The van der Waals surface area contributed by atoms with Crippen LogP contribution >= 0.6 is 0 Å². The summed E-state index contributed by atoms with van der Waals surface area (Å²) in [6.07, 6.45) is 0. The fraction of sp³-hybridized carbons (Fsp3) is 0.250. The maximum atomic E-state index is 2.44. The Morgan fingerprint density at radius 2 is 0.529 bits per heavy atom. The molecule has 0 amide bonds. The third kappa shape index (κ3) is 4.89. The summed E-state index contributed by atoms with van der Waals surface area (Å²) in [5.74, 6) is 0. The van der Waals surface area contributed by atoms with Crippen LogP contribution in [-0.2, 0) is 0 Å². The molecule has 172 valence electrons. The van der Waals surface area contributed by atoms with E-state index in [4.69, 9.17) is 0 Å². The van der Waals surface area contributed by atoms with Crippen LogP contribution in [0.15, 0.2) is 72.8 Å². The molecule has 0 atom stereocenters. The summed E-state index contributed by atoms with van der Waals surface area (Å²) in [6, 6.07) is 28.6. The Kier molecular flexibility index (Phi) is 7.11. The molecule has 0 saturated carbocycles. The summed E-state index contributed by atoms with van der Waals surface area (Å²) < 4.78 is 0. The van der Waals surface area contributed by atoms with Gasteiger partial charge in [-0.15, -0.1) is 0 Å². The lowest BCUT2D eigenvalue weighted by Crippen LogP contribution is -2.54. The van der Waals surface area contributed by atoms with Crippen LogP contribution in [0.2, 0.25) is 0 Å². The van der Waals surface area contributed by atoms with Gasteiger partial charge in [-0.3, -0.25) is 0 Å². The van der Waals surface area contributed by atoms with Crippen molar-refractivity contribution < 1.29 is 0 Å². The van der Waals surface area contributed by atoms with Gasteiger partial charge in [-0.1, -0.05) is 95.1 Å².